The third kappa shape index (κ3) is 3.13. The highest BCUT2D eigenvalue weighted by molar-refractivity contribution is 5.88. The molecule has 3 aromatic rings. The maximum absolute atomic E-state index is 11.8. The summed E-state index contributed by atoms with van der Waals surface area (Å²) in [5, 5.41) is 20.7. The largest absolute Gasteiger partial charge is 0.504 e. The number of methoxy groups -OCH3 is 3. The van der Waals surface area contributed by atoms with E-state index in [2.05, 4.69) is 0 Å². The van der Waals surface area contributed by atoms with E-state index in [1.54, 1.807) is 12.1 Å². The van der Waals surface area contributed by atoms with Gasteiger partial charge in [0.15, 0.2) is 35.0 Å². The predicted octanol–water partition coefficient (Wildman–Crippen LogP) is 2.40. The molecule has 0 aliphatic carbocycles. The lowest BCUT2D eigenvalue weighted by Gasteiger charge is -2.34. The number of ether oxygens (including phenoxy) is 5. The zero-order valence-corrected chi connectivity index (χ0v) is 16.5. The van der Waals surface area contributed by atoms with Crippen molar-refractivity contribution in [3.63, 3.8) is 0 Å². The van der Waals surface area contributed by atoms with Crippen LogP contribution in [0.4, 0.5) is 0 Å². The smallest absolute Gasteiger partial charge is 0.336 e. The fourth-order valence-electron chi connectivity index (χ4n) is 3.47. The highest BCUT2D eigenvalue weighted by atomic mass is 16.6. The maximum Gasteiger partial charge on any atom is 0.336 e. The fraction of sp³-hybridized carbons (Fsp3) is 0.286. The van der Waals surface area contributed by atoms with Gasteiger partial charge < -0.3 is 38.3 Å². The summed E-state index contributed by atoms with van der Waals surface area (Å²) < 4.78 is 33.4. The van der Waals surface area contributed by atoms with Gasteiger partial charge in [-0.05, 0) is 24.3 Å². The van der Waals surface area contributed by atoms with Crippen LogP contribution in [-0.4, -0.2) is 44.3 Å². The zero-order valence-electron chi connectivity index (χ0n) is 16.5. The Morgan fingerprint density at radius 2 is 1.67 bits per heavy atom. The Morgan fingerprint density at radius 3 is 2.27 bits per heavy atom. The quantitative estimate of drug-likeness (QED) is 0.605. The van der Waals surface area contributed by atoms with Gasteiger partial charge in [-0.15, -0.1) is 0 Å². The Labute approximate surface area is 170 Å². The molecule has 2 aromatic carbocycles. The summed E-state index contributed by atoms with van der Waals surface area (Å²) in [7, 11) is 4.46. The van der Waals surface area contributed by atoms with Gasteiger partial charge in [0.1, 0.15) is 0 Å². The first-order valence-electron chi connectivity index (χ1n) is 9.04. The van der Waals surface area contributed by atoms with Gasteiger partial charge >= 0.3 is 5.63 Å². The molecule has 0 bridgehead atoms. The summed E-state index contributed by atoms with van der Waals surface area (Å²) in [4.78, 5) is 11.8. The molecule has 1 aliphatic rings. The number of aliphatic hydroxyl groups is 1. The first-order chi connectivity index (χ1) is 14.5. The van der Waals surface area contributed by atoms with Crippen LogP contribution in [0.3, 0.4) is 0 Å². The standard InChI is InChI=1S/C21H20O9/c1-25-13-7-11(8-14(26-2)20(13)27-3)17-15(9-22)28-19-12(23)6-10-4-5-16(24)29-18(10)21(19)30-17/h4-8,15,17,22-23H,9H2,1-3H3/t15-,17+/m0/s1. The van der Waals surface area contributed by atoms with E-state index < -0.39 is 24.4 Å². The molecule has 0 spiro atoms. The number of benzene rings is 2. The van der Waals surface area contributed by atoms with E-state index in [4.69, 9.17) is 28.1 Å². The van der Waals surface area contributed by atoms with Crippen LogP contribution in [0, 0.1) is 0 Å². The highest BCUT2D eigenvalue weighted by Crippen LogP contribution is 2.50. The van der Waals surface area contributed by atoms with Gasteiger partial charge in [-0.3, -0.25) is 0 Å². The minimum atomic E-state index is -0.862. The number of phenolic OH excluding ortho intramolecular Hbond substituents is 1. The van der Waals surface area contributed by atoms with Crippen molar-refractivity contribution in [1.29, 1.82) is 0 Å². The van der Waals surface area contributed by atoms with E-state index >= 15 is 0 Å². The van der Waals surface area contributed by atoms with Gasteiger partial charge in [-0.1, -0.05) is 0 Å². The van der Waals surface area contributed by atoms with Crippen LogP contribution in [0.15, 0.2) is 39.5 Å². The number of hydrogen-bond donors (Lipinski definition) is 2. The lowest BCUT2D eigenvalue weighted by atomic mass is 10.0. The van der Waals surface area contributed by atoms with E-state index in [0.717, 1.165) is 0 Å². The predicted molar refractivity (Wildman–Crippen MR) is 105 cm³/mol. The molecule has 9 heteroatoms. The van der Waals surface area contributed by atoms with Crippen LogP contribution in [0.25, 0.3) is 11.0 Å². The van der Waals surface area contributed by atoms with Gasteiger partial charge in [0.05, 0.1) is 27.9 Å². The number of aliphatic hydroxyl groups excluding tert-OH is 1. The second-order valence-electron chi connectivity index (χ2n) is 6.56. The molecule has 0 saturated carbocycles. The second-order valence-corrected chi connectivity index (χ2v) is 6.56. The monoisotopic (exact) mass is 416 g/mol. The number of hydrogen-bond acceptors (Lipinski definition) is 9. The molecule has 9 nitrogen and oxygen atoms in total. The van der Waals surface area contributed by atoms with Crippen LogP contribution in [-0.2, 0) is 0 Å². The Morgan fingerprint density at radius 1 is 0.967 bits per heavy atom. The molecule has 0 radical (unpaired) electrons. The van der Waals surface area contributed by atoms with Crippen molar-refractivity contribution in [2.75, 3.05) is 27.9 Å². The molecular weight excluding hydrogens is 396 g/mol. The normalized spacial score (nSPS) is 17.6. The third-order valence-corrected chi connectivity index (χ3v) is 4.85. The van der Waals surface area contributed by atoms with Crippen LogP contribution in [0.1, 0.15) is 11.7 Å². The first kappa shape index (κ1) is 19.7. The first-order valence-corrected chi connectivity index (χ1v) is 9.04. The van der Waals surface area contributed by atoms with Crippen LogP contribution in [0.5, 0.6) is 34.5 Å². The van der Waals surface area contributed by atoms with Gasteiger partial charge in [0.2, 0.25) is 17.2 Å². The third-order valence-electron chi connectivity index (χ3n) is 4.85. The van der Waals surface area contributed by atoms with E-state index in [9.17, 15) is 15.0 Å². The van der Waals surface area contributed by atoms with Crippen LogP contribution in [0.2, 0.25) is 0 Å². The molecule has 2 heterocycles. The van der Waals surface area contributed by atoms with Gasteiger partial charge in [0, 0.05) is 17.0 Å². The fourth-order valence-corrected chi connectivity index (χ4v) is 3.47. The molecule has 158 valence electrons. The Balaban J connectivity index is 1.89. The molecule has 2 atom stereocenters. The molecule has 0 saturated heterocycles. The molecule has 4 rings (SSSR count). The molecular formula is C21H20O9. The van der Waals surface area contributed by atoms with Crippen molar-refractivity contribution in [1.82, 2.24) is 0 Å². The van der Waals surface area contributed by atoms with Crippen molar-refractivity contribution < 1.29 is 38.3 Å². The molecule has 0 unspecified atom stereocenters. The molecule has 1 aromatic heterocycles. The molecule has 1 aliphatic heterocycles. The molecule has 0 fully saturated rings. The Hall–Kier alpha value is -3.59. The second kappa shape index (κ2) is 7.68. The summed E-state index contributed by atoms with van der Waals surface area (Å²) in [5.41, 5.74) is 0.112. The van der Waals surface area contributed by atoms with Crippen molar-refractivity contribution in [3.05, 3.63) is 46.3 Å². The van der Waals surface area contributed by atoms with E-state index in [-0.39, 0.29) is 22.8 Å². The summed E-state index contributed by atoms with van der Waals surface area (Å²) in [6, 6.07) is 7.49. The Bertz CT molecular complexity index is 1130. The number of rotatable bonds is 5. The van der Waals surface area contributed by atoms with Crippen LogP contribution < -0.4 is 29.3 Å². The maximum atomic E-state index is 11.8. The number of aromatic hydroxyl groups is 1. The van der Waals surface area contributed by atoms with Gasteiger partial charge in [0.25, 0.3) is 0 Å². The zero-order chi connectivity index (χ0) is 21.4. The summed E-state index contributed by atoms with van der Waals surface area (Å²) in [6.45, 7) is -0.406. The Kier molecular flexibility index (Phi) is 5.04. The van der Waals surface area contributed by atoms with Crippen molar-refractivity contribution in [2.24, 2.45) is 0 Å². The topological polar surface area (TPSA) is 117 Å². The average Bonchev–Trinajstić information content (AvgIpc) is 2.77. The summed E-state index contributed by atoms with van der Waals surface area (Å²) in [6.07, 6.45) is -1.69. The summed E-state index contributed by atoms with van der Waals surface area (Å²) >= 11 is 0. The lowest BCUT2D eigenvalue weighted by molar-refractivity contribution is -0.0137. The lowest BCUT2D eigenvalue weighted by Crippen LogP contribution is -2.36. The minimum Gasteiger partial charge on any atom is -0.504 e. The van der Waals surface area contributed by atoms with Gasteiger partial charge in [-0.25, -0.2) is 4.79 Å². The van der Waals surface area contributed by atoms with Crippen molar-refractivity contribution >= 4 is 11.0 Å². The SMILES string of the molecule is COc1cc([C@H]2Oc3c(c(O)cc4ccc(=O)oc34)O[C@H]2CO)cc(OC)c1OC. The minimum absolute atomic E-state index is 0.0143. The highest BCUT2D eigenvalue weighted by Gasteiger charge is 2.37. The number of phenols is 1. The number of fused-ring (bicyclic) bond motifs is 3. The molecule has 2 N–H and O–H groups in total. The van der Waals surface area contributed by atoms with Crippen molar-refractivity contribution in [3.8, 4) is 34.5 Å². The van der Waals surface area contributed by atoms with E-state index in [1.807, 2.05) is 0 Å². The summed E-state index contributed by atoms with van der Waals surface area (Å²) in [5.74, 6) is 1.03. The van der Waals surface area contributed by atoms with Crippen molar-refractivity contribution in [2.45, 2.75) is 12.2 Å². The van der Waals surface area contributed by atoms with Gasteiger partial charge in [-0.2, -0.15) is 0 Å². The average molecular weight is 416 g/mol. The van der Waals surface area contributed by atoms with E-state index in [1.165, 1.54) is 39.5 Å². The van der Waals surface area contributed by atoms with E-state index in [0.29, 0.717) is 28.2 Å². The molecule has 0 amide bonds. The van der Waals surface area contributed by atoms with Crippen LogP contribution >= 0.6 is 0 Å². The molecule has 30 heavy (non-hydrogen) atoms.